The first kappa shape index (κ1) is 15.6. The number of rotatable bonds is 3. The van der Waals surface area contributed by atoms with Gasteiger partial charge in [0.15, 0.2) is 5.78 Å². The predicted octanol–water partition coefficient (Wildman–Crippen LogP) is 3.19. The number of fused-ring (bicyclic) bond motifs is 1. The summed E-state index contributed by atoms with van der Waals surface area (Å²) in [5, 5.41) is 0. The zero-order valence-electron chi connectivity index (χ0n) is 12.6. The number of benzene rings is 2. The number of hydrogen-bond acceptors (Lipinski definition) is 3. The van der Waals surface area contributed by atoms with Crippen LogP contribution < -0.4 is 0 Å². The smallest absolute Gasteiger partial charge is 0.261 e. The topological polar surface area (TPSA) is 54.5 Å². The third-order valence-electron chi connectivity index (χ3n) is 3.28. The molecule has 3 rings (SSSR count). The third kappa shape index (κ3) is 2.81. The lowest BCUT2D eigenvalue weighted by Gasteiger charge is -2.12. The van der Waals surface area contributed by atoms with Crippen LogP contribution in [0.25, 0.3) is 0 Å². The highest BCUT2D eigenvalue weighted by Crippen LogP contribution is 2.22. The molecule has 0 fully saturated rings. The largest absolute Gasteiger partial charge is 0.292 e. The summed E-state index contributed by atoms with van der Waals surface area (Å²) in [6.07, 6.45) is 0. The van der Waals surface area contributed by atoms with Crippen LogP contribution in [0.4, 0.5) is 0 Å². The molecule has 0 aromatic heterocycles. The maximum Gasteiger partial charge on any atom is 0.261 e. The number of carbonyl (C=O) groups is 3. The van der Waals surface area contributed by atoms with Gasteiger partial charge in [-0.1, -0.05) is 56.3 Å². The van der Waals surface area contributed by atoms with Crippen molar-refractivity contribution in [2.75, 3.05) is 6.54 Å². The van der Waals surface area contributed by atoms with E-state index in [1.807, 2.05) is 13.8 Å². The zero-order chi connectivity index (χ0) is 16.1. The molecule has 2 aromatic rings. The van der Waals surface area contributed by atoms with Gasteiger partial charge in [-0.3, -0.25) is 19.3 Å². The molecule has 0 spiro atoms. The Hall–Kier alpha value is -2.75. The van der Waals surface area contributed by atoms with Gasteiger partial charge in [-0.2, -0.15) is 0 Å². The summed E-state index contributed by atoms with van der Waals surface area (Å²) >= 11 is 0. The van der Waals surface area contributed by atoms with Crippen LogP contribution in [0.15, 0.2) is 54.6 Å². The van der Waals surface area contributed by atoms with Crippen molar-refractivity contribution in [2.45, 2.75) is 13.8 Å². The van der Waals surface area contributed by atoms with Crippen LogP contribution >= 0.6 is 0 Å². The molecule has 4 nitrogen and oxygen atoms in total. The maximum atomic E-state index is 12.1. The van der Waals surface area contributed by atoms with Crippen LogP contribution in [0.3, 0.4) is 0 Å². The van der Waals surface area contributed by atoms with Crippen molar-refractivity contribution in [1.82, 2.24) is 4.90 Å². The molecular weight excluding hydrogens is 278 g/mol. The van der Waals surface area contributed by atoms with E-state index in [4.69, 9.17) is 0 Å². The Balaban J connectivity index is 0.000000847. The molecule has 0 aliphatic carbocycles. The summed E-state index contributed by atoms with van der Waals surface area (Å²) in [4.78, 5) is 37.4. The molecule has 4 heteroatoms. The minimum Gasteiger partial charge on any atom is -0.292 e. The van der Waals surface area contributed by atoms with Crippen molar-refractivity contribution >= 4 is 17.6 Å². The number of ketones is 1. The Morgan fingerprint density at radius 2 is 1.27 bits per heavy atom. The predicted molar refractivity (Wildman–Crippen MR) is 83.9 cm³/mol. The molecule has 1 aliphatic heterocycles. The van der Waals surface area contributed by atoms with E-state index in [1.165, 1.54) is 0 Å². The molecule has 22 heavy (non-hydrogen) atoms. The average Bonchev–Trinajstić information content (AvgIpc) is 2.83. The molecule has 0 saturated carbocycles. The zero-order valence-corrected chi connectivity index (χ0v) is 12.6. The van der Waals surface area contributed by atoms with Crippen LogP contribution in [0, 0.1) is 0 Å². The molecule has 1 heterocycles. The number of hydrogen-bond donors (Lipinski definition) is 0. The first-order chi connectivity index (χ1) is 10.7. The highest BCUT2D eigenvalue weighted by atomic mass is 16.2. The molecular formula is C18H17NO3. The average molecular weight is 295 g/mol. The Morgan fingerprint density at radius 3 is 1.77 bits per heavy atom. The Labute approximate surface area is 129 Å². The van der Waals surface area contributed by atoms with E-state index in [-0.39, 0.29) is 12.3 Å². The minimum absolute atomic E-state index is 0.226. The van der Waals surface area contributed by atoms with Crippen LogP contribution in [-0.2, 0) is 0 Å². The van der Waals surface area contributed by atoms with E-state index in [2.05, 4.69) is 0 Å². The number of imide groups is 1. The number of amides is 2. The van der Waals surface area contributed by atoms with Crippen molar-refractivity contribution in [2.24, 2.45) is 0 Å². The van der Waals surface area contributed by atoms with Gasteiger partial charge < -0.3 is 0 Å². The van der Waals surface area contributed by atoms with Gasteiger partial charge in [-0.15, -0.1) is 0 Å². The van der Waals surface area contributed by atoms with Gasteiger partial charge in [-0.25, -0.2) is 0 Å². The van der Waals surface area contributed by atoms with E-state index < -0.39 is 11.8 Å². The molecule has 0 saturated heterocycles. The Kier molecular flexibility index (Phi) is 4.84. The van der Waals surface area contributed by atoms with Gasteiger partial charge in [0.1, 0.15) is 0 Å². The van der Waals surface area contributed by atoms with Gasteiger partial charge in [0, 0.05) is 5.56 Å². The fourth-order valence-electron chi connectivity index (χ4n) is 2.24. The van der Waals surface area contributed by atoms with Crippen LogP contribution in [-0.4, -0.2) is 29.0 Å². The van der Waals surface area contributed by atoms with E-state index in [1.54, 1.807) is 54.6 Å². The Morgan fingerprint density at radius 1 is 0.818 bits per heavy atom. The van der Waals surface area contributed by atoms with Crippen LogP contribution in [0.1, 0.15) is 44.9 Å². The number of Topliss-reactive ketones (excluding diaryl/α,β-unsaturated/α-hetero) is 1. The standard InChI is InChI=1S/C16H11NO3.C2H6/c18-14(11-6-2-1-3-7-11)10-17-15(19)12-8-4-5-9-13(12)16(17)20;1-2/h1-9H,10H2;1-2H3. The summed E-state index contributed by atoms with van der Waals surface area (Å²) in [6, 6.07) is 15.2. The van der Waals surface area contributed by atoms with E-state index in [0.29, 0.717) is 16.7 Å². The maximum absolute atomic E-state index is 12.1. The highest BCUT2D eigenvalue weighted by Gasteiger charge is 2.36. The second kappa shape index (κ2) is 6.80. The molecule has 0 N–H and O–H groups in total. The van der Waals surface area contributed by atoms with Crippen molar-refractivity contribution in [3.8, 4) is 0 Å². The SMILES string of the molecule is CC.O=C(CN1C(=O)c2ccccc2C1=O)c1ccccc1. The summed E-state index contributed by atoms with van der Waals surface area (Å²) < 4.78 is 0. The quantitative estimate of drug-likeness (QED) is 0.645. The molecule has 0 radical (unpaired) electrons. The second-order valence-corrected chi connectivity index (χ2v) is 4.53. The van der Waals surface area contributed by atoms with Gasteiger partial charge >= 0.3 is 0 Å². The highest BCUT2D eigenvalue weighted by molar-refractivity contribution is 6.23. The normalized spacial score (nSPS) is 12.5. The molecule has 0 atom stereocenters. The first-order valence-corrected chi connectivity index (χ1v) is 7.22. The van der Waals surface area contributed by atoms with Gasteiger partial charge in [0.25, 0.3) is 11.8 Å². The lowest BCUT2D eigenvalue weighted by atomic mass is 10.1. The summed E-state index contributed by atoms with van der Waals surface area (Å²) in [5.74, 6) is -1.06. The first-order valence-electron chi connectivity index (χ1n) is 7.22. The number of nitrogens with zero attached hydrogens (tertiary/aromatic N) is 1. The fourth-order valence-corrected chi connectivity index (χ4v) is 2.24. The van der Waals surface area contributed by atoms with E-state index in [9.17, 15) is 14.4 Å². The van der Waals surface area contributed by atoms with E-state index >= 15 is 0 Å². The molecule has 2 amide bonds. The van der Waals surface area contributed by atoms with Gasteiger partial charge in [-0.05, 0) is 12.1 Å². The minimum atomic E-state index is -0.408. The molecule has 1 aliphatic rings. The number of carbonyl (C=O) groups excluding carboxylic acids is 3. The van der Waals surface area contributed by atoms with Gasteiger partial charge in [0.2, 0.25) is 0 Å². The lowest BCUT2D eigenvalue weighted by molar-refractivity contribution is 0.0624. The third-order valence-corrected chi connectivity index (χ3v) is 3.28. The van der Waals surface area contributed by atoms with Crippen molar-refractivity contribution in [3.63, 3.8) is 0 Å². The van der Waals surface area contributed by atoms with Gasteiger partial charge in [0.05, 0.1) is 17.7 Å². The Bertz CT molecular complexity index is 672. The molecule has 2 aromatic carbocycles. The molecule has 0 bridgehead atoms. The summed E-state index contributed by atoms with van der Waals surface area (Å²) in [7, 11) is 0. The van der Waals surface area contributed by atoms with Crippen molar-refractivity contribution in [1.29, 1.82) is 0 Å². The molecule has 0 unspecified atom stereocenters. The van der Waals surface area contributed by atoms with Crippen molar-refractivity contribution < 1.29 is 14.4 Å². The lowest BCUT2D eigenvalue weighted by Crippen LogP contribution is -2.34. The summed E-state index contributed by atoms with van der Waals surface area (Å²) in [6.45, 7) is 3.77. The van der Waals surface area contributed by atoms with Crippen molar-refractivity contribution in [3.05, 3.63) is 71.3 Å². The summed E-state index contributed by atoms with van der Waals surface area (Å²) in [5.41, 5.74) is 1.21. The molecule has 112 valence electrons. The van der Waals surface area contributed by atoms with Crippen LogP contribution in [0.5, 0.6) is 0 Å². The monoisotopic (exact) mass is 295 g/mol. The van der Waals surface area contributed by atoms with E-state index in [0.717, 1.165) is 4.90 Å². The van der Waals surface area contributed by atoms with Crippen LogP contribution in [0.2, 0.25) is 0 Å². The second-order valence-electron chi connectivity index (χ2n) is 4.53. The fraction of sp³-hybridized carbons (Fsp3) is 0.167.